The maximum absolute atomic E-state index is 11.7. The second kappa shape index (κ2) is 5.85. The van der Waals surface area contributed by atoms with Gasteiger partial charge in [0.1, 0.15) is 11.3 Å². The fourth-order valence-electron chi connectivity index (χ4n) is 3.16. The van der Waals surface area contributed by atoms with Crippen LogP contribution in [0.15, 0.2) is 52.0 Å². The first-order valence-electron chi connectivity index (χ1n) is 8.40. The van der Waals surface area contributed by atoms with Crippen LogP contribution in [0, 0.1) is 0 Å². The van der Waals surface area contributed by atoms with Crippen LogP contribution >= 0.6 is 11.8 Å². The number of carbonyl (C=O) groups excluding carboxylic acids is 2. The van der Waals surface area contributed by atoms with E-state index in [1.54, 1.807) is 18.5 Å². The van der Waals surface area contributed by atoms with Gasteiger partial charge in [0.15, 0.2) is 0 Å². The number of nitrogens with one attached hydrogen (secondary N) is 1. The molecule has 2 aliphatic rings. The number of imide groups is 1. The summed E-state index contributed by atoms with van der Waals surface area (Å²) in [6.45, 7) is 0. The summed E-state index contributed by atoms with van der Waals surface area (Å²) in [6, 6.07) is 10.4. The number of pyridine rings is 1. The van der Waals surface area contributed by atoms with Gasteiger partial charge in [0, 0.05) is 29.4 Å². The molecule has 0 bridgehead atoms. The van der Waals surface area contributed by atoms with Crippen molar-refractivity contribution in [1.82, 2.24) is 10.3 Å². The molecule has 2 amide bonds. The van der Waals surface area contributed by atoms with Gasteiger partial charge in [-0.3, -0.25) is 19.9 Å². The SMILES string of the molecule is O=C1NC(=O)/C(=C/c2cc3cncc(-c4ccc(C5CC5)cc4)c3o2)S1. The van der Waals surface area contributed by atoms with Crippen molar-refractivity contribution in [3.05, 3.63) is 59.0 Å². The van der Waals surface area contributed by atoms with Gasteiger partial charge in [-0.2, -0.15) is 0 Å². The van der Waals surface area contributed by atoms with Gasteiger partial charge in [0.25, 0.3) is 11.1 Å². The molecule has 0 spiro atoms. The molecule has 0 atom stereocenters. The van der Waals surface area contributed by atoms with Crippen LogP contribution in [0.5, 0.6) is 0 Å². The molecule has 1 aliphatic carbocycles. The second-order valence-electron chi connectivity index (χ2n) is 6.50. The zero-order valence-corrected chi connectivity index (χ0v) is 14.5. The molecule has 1 saturated carbocycles. The smallest absolute Gasteiger partial charge is 0.290 e. The third-order valence-corrected chi connectivity index (χ3v) is 5.44. The number of amides is 2. The minimum absolute atomic E-state index is 0.331. The molecule has 128 valence electrons. The van der Waals surface area contributed by atoms with E-state index in [1.807, 2.05) is 6.07 Å². The molecular formula is C20H14N2O3S. The van der Waals surface area contributed by atoms with E-state index in [4.69, 9.17) is 4.42 Å². The fraction of sp³-hybridized carbons (Fsp3) is 0.150. The van der Waals surface area contributed by atoms with E-state index in [2.05, 4.69) is 34.6 Å². The van der Waals surface area contributed by atoms with Crippen LogP contribution in [-0.2, 0) is 4.79 Å². The van der Waals surface area contributed by atoms with Crippen LogP contribution in [0.2, 0.25) is 0 Å². The van der Waals surface area contributed by atoms with Crippen molar-refractivity contribution in [1.29, 1.82) is 0 Å². The van der Waals surface area contributed by atoms with E-state index in [9.17, 15) is 9.59 Å². The number of furan rings is 1. The summed E-state index contributed by atoms with van der Waals surface area (Å²) in [7, 11) is 0. The molecule has 3 heterocycles. The zero-order chi connectivity index (χ0) is 17.7. The number of nitrogens with zero attached hydrogens (tertiary/aromatic N) is 1. The number of fused-ring (bicyclic) bond motifs is 1. The first-order valence-corrected chi connectivity index (χ1v) is 9.22. The van der Waals surface area contributed by atoms with Crippen LogP contribution in [0.25, 0.3) is 28.2 Å². The van der Waals surface area contributed by atoms with E-state index >= 15 is 0 Å². The van der Waals surface area contributed by atoms with Crippen LogP contribution in [-0.4, -0.2) is 16.1 Å². The van der Waals surface area contributed by atoms with Crippen molar-refractivity contribution in [2.45, 2.75) is 18.8 Å². The lowest BCUT2D eigenvalue weighted by atomic mass is 10.0. The topological polar surface area (TPSA) is 72.2 Å². The molecule has 3 aromatic rings. The van der Waals surface area contributed by atoms with Gasteiger partial charge in [-0.05, 0) is 47.7 Å². The zero-order valence-electron chi connectivity index (χ0n) is 13.7. The van der Waals surface area contributed by atoms with Crippen molar-refractivity contribution in [2.75, 3.05) is 0 Å². The number of hydrogen-bond donors (Lipinski definition) is 1. The Morgan fingerprint density at radius 1 is 1.15 bits per heavy atom. The molecule has 1 N–H and O–H groups in total. The van der Waals surface area contributed by atoms with Crippen LogP contribution in [0.4, 0.5) is 4.79 Å². The van der Waals surface area contributed by atoms with Gasteiger partial charge in [-0.1, -0.05) is 24.3 Å². The Morgan fingerprint density at radius 3 is 2.65 bits per heavy atom. The highest BCUT2D eigenvalue weighted by Gasteiger charge is 2.26. The van der Waals surface area contributed by atoms with Crippen molar-refractivity contribution in [3.63, 3.8) is 0 Å². The predicted octanol–water partition coefficient (Wildman–Crippen LogP) is 4.70. The van der Waals surface area contributed by atoms with Crippen molar-refractivity contribution in [2.24, 2.45) is 0 Å². The lowest BCUT2D eigenvalue weighted by molar-refractivity contribution is -0.115. The summed E-state index contributed by atoms with van der Waals surface area (Å²) in [5.74, 6) is 0.850. The molecule has 1 saturated heterocycles. The molecule has 2 aromatic heterocycles. The predicted molar refractivity (Wildman–Crippen MR) is 101 cm³/mol. The summed E-state index contributed by atoms with van der Waals surface area (Å²) >= 11 is 0.875. The van der Waals surface area contributed by atoms with Gasteiger partial charge in [-0.25, -0.2) is 0 Å². The average molecular weight is 362 g/mol. The number of hydrogen-bond acceptors (Lipinski definition) is 5. The van der Waals surface area contributed by atoms with E-state index in [1.165, 1.54) is 18.4 Å². The van der Waals surface area contributed by atoms with E-state index in [0.717, 1.165) is 39.8 Å². The molecule has 0 unspecified atom stereocenters. The molecular weight excluding hydrogens is 348 g/mol. The van der Waals surface area contributed by atoms with Crippen molar-refractivity contribution in [3.8, 4) is 11.1 Å². The monoisotopic (exact) mass is 362 g/mol. The first-order chi connectivity index (χ1) is 12.7. The molecule has 6 heteroatoms. The Bertz CT molecular complexity index is 1080. The maximum atomic E-state index is 11.7. The van der Waals surface area contributed by atoms with Gasteiger partial charge in [0.2, 0.25) is 0 Å². The summed E-state index contributed by atoms with van der Waals surface area (Å²) in [4.78, 5) is 27.6. The Morgan fingerprint density at radius 2 is 1.96 bits per heavy atom. The maximum Gasteiger partial charge on any atom is 0.290 e. The summed E-state index contributed by atoms with van der Waals surface area (Å²) in [5, 5.41) is 2.73. The highest BCUT2D eigenvalue weighted by molar-refractivity contribution is 8.18. The lowest BCUT2D eigenvalue weighted by Gasteiger charge is -2.04. The van der Waals surface area contributed by atoms with Crippen LogP contribution in [0.3, 0.4) is 0 Å². The standard InChI is InChI=1S/C20H14N2O3S/c23-19-17(26-20(24)22-19)8-15-7-14-9-21-10-16(18(14)25-15)13-5-3-12(4-6-13)11-1-2-11/h3-11H,1-2H2,(H,22,23,24)/b17-8-. The molecule has 5 rings (SSSR count). The average Bonchev–Trinajstić information content (AvgIpc) is 3.33. The van der Waals surface area contributed by atoms with Crippen LogP contribution < -0.4 is 5.32 Å². The molecule has 1 aromatic carbocycles. The molecule has 26 heavy (non-hydrogen) atoms. The third-order valence-electron chi connectivity index (χ3n) is 4.63. The fourth-order valence-corrected chi connectivity index (χ4v) is 3.82. The molecule has 5 nitrogen and oxygen atoms in total. The largest absolute Gasteiger partial charge is 0.456 e. The van der Waals surface area contributed by atoms with E-state index in [-0.39, 0.29) is 5.24 Å². The summed E-state index contributed by atoms with van der Waals surface area (Å²) in [6.07, 6.45) is 7.66. The normalized spacial score (nSPS) is 18.7. The molecule has 1 aliphatic heterocycles. The first kappa shape index (κ1) is 15.4. The third kappa shape index (κ3) is 2.72. The van der Waals surface area contributed by atoms with E-state index in [0.29, 0.717) is 10.7 Å². The quantitative estimate of drug-likeness (QED) is 0.684. The molecule has 2 fully saturated rings. The minimum atomic E-state index is -0.394. The molecule has 0 radical (unpaired) electrons. The second-order valence-corrected chi connectivity index (χ2v) is 7.52. The van der Waals surface area contributed by atoms with Gasteiger partial charge < -0.3 is 4.42 Å². The van der Waals surface area contributed by atoms with Gasteiger partial charge >= 0.3 is 0 Å². The van der Waals surface area contributed by atoms with Crippen LogP contribution in [0.1, 0.15) is 30.1 Å². The van der Waals surface area contributed by atoms with Gasteiger partial charge in [0.05, 0.1) is 4.91 Å². The summed E-state index contributed by atoms with van der Waals surface area (Å²) in [5.41, 5.74) is 4.06. The number of aromatic nitrogens is 1. The highest BCUT2D eigenvalue weighted by atomic mass is 32.2. The summed E-state index contributed by atoms with van der Waals surface area (Å²) < 4.78 is 5.97. The van der Waals surface area contributed by atoms with E-state index < -0.39 is 5.91 Å². The van der Waals surface area contributed by atoms with Crippen molar-refractivity contribution < 1.29 is 14.0 Å². The minimum Gasteiger partial charge on any atom is -0.456 e. The lowest BCUT2D eigenvalue weighted by Crippen LogP contribution is -2.17. The Labute approximate surface area is 153 Å². The number of thioether (sulfide) groups is 1. The Hall–Kier alpha value is -2.86. The highest BCUT2D eigenvalue weighted by Crippen LogP contribution is 2.41. The number of benzene rings is 1. The Balaban J connectivity index is 1.54. The number of carbonyl (C=O) groups is 2. The number of rotatable bonds is 3. The Kier molecular flexibility index (Phi) is 3.46. The van der Waals surface area contributed by atoms with Gasteiger partial charge in [-0.15, -0.1) is 0 Å². The van der Waals surface area contributed by atoms with Crippen molar-refractivity contribution >= 4 is 40.0 Å².